The van der Waals surface area contributed by atoms with Gasteiger partial charge in [0.25, 0.3) is 0 Å². The van der Waals surface area contributed by atoms with Crippen LogP contribution in [0.3, 0.4) is 0 Å². The normalized spacial score (nSPS) is 29.4. The molecule has 0 bridgehead atoms. The Morgan fingerprint density at radius 1 is 1.33 bits per heavy atom. The molecular formula is C11H23NO3. The van der Waals surface area contributed by atoms with Crippen molar-refractivity contribution in [3.8, 4) is 0 Å². The summed E-state index contributed by atoms with van der Waals surface area (Å²) < 4.78 is 0. The molecule has 0 aromatic carbocycles. The van der Waals surface area contributed by atoms with E-state index in [1.165, 1.54) is 0 Å². The van der Waals surface area contributed by atoms with Gasteiger partial charge in [-0.2, -0.15) is 0 Å². The molecule has 4 nitrogen and oxygen atoms in total. The number of likely N-dealkylation sites (tertiary alicyclic amines) is 1. The van der Waals surface area contributed by atoms with Gasteiger partial charge < -0.3 is 20.2 Å². The van der Waals surface area contributed by atoms with E-state index >= 15 is 0 Å². The first-order valence-corrected chi connectivity index (χ1v) is 5.63. The number of rotatable bonds is 4. The van der Waals surface area contributed by atoms with Crippen molar-refractivity contribution in [3.05, 3.63) is 0 Å². The van der Waals surface area contributed by atoms with E-state index in [9.17, 15) is 15.3 Å². The molecule has 2 atom stereocenters. The molecule has 0 aromatic heterocycles. The van der Waals surface area contributed by atoms with Crippen molar-refractivity contribution >= 4 is 0 Å². The second-order valence-electron chi connectivity index (χ2n) is 5.20. The second kappa shape index (κ2) is 5.25. The van der Waals surface area contributed by atoms with Gasteiger partial charge in [0.05, 0.1) is 19.3 Å². The summed E-state index contributed by atoms with van der Waals surface area (Å²) in [5, 5.41) is 28.1. The molecule has 1 fully saturated rings. The lowest BCUT2D eigenvalue weighted by Gasteiger charge is -2.39. The highest BCUT2D eigenvalue weighted by atomic mass is 16.3. The molecular weight excluding hydrogens is 194 g/mol. The van der Waals surface area contributed by atoms with E-state index in [-0.39, 0.29) is 19.3 Å². The van der Waals surface area contributed by atoms with Crippen molar-refractivity contribution in [2.24, 2.45) is 11.3 Å². The molecule has 1 aliphatic rings. The van der Waals surface area contributed by atoms with Crippen LogP contribution in [0.15, 0.2) is 0 Å². The minimum atomic E-state index is -0.458. The molecule has 1 aliphatic heterocycles. The third kappa shape index (κ3) is 3.41. The van der Waals surface area contributed by atoms with Gasteiger partial charge >= 0.3 is 0 Å². The quantitative estimate of drug-likeness (QED) is 0.604. The van der Waals surface area contributed by atoms with E-state index in [1.807, 2.05) is 6.92 Å². The minimum absolute atomic E-state index is 0.0222. The fourth-order valence-electron chi connectivity index (χ4n) is 1.95. The lowest BCUT2D eigenvalue weighted by atomic mass is 9.89. The summed E-state index contributed by atoms with van der Waals surface area (Å²) in [5.74, 6) is 0.357. The number of aliphatic hydroxyl groups excluding tert-OH is 3. The van der Waals surface area contributed by atoms with Gasteiger partial charge in [-0.1, -0.05) is 13.8 Å². The summed E-state index contributed by atoms with van der Waals surface area (Å²) in [4.78, 5) is 2.12. The third-order valence-corrected chi connectivity index (χ3v) is 3.37. The average molecular weight is 217 g/mol. The first-order chi connectivity index (χ1) is 7.00. The maximum Gasteiger partial charge on any atom is 0.0693 e. The van der Waals surface area contributed by atoms with Crippen LogP contribution >= 0.6 is 0 Å². The first-order valence-electron chi connectivity index (χ1n) is 5.63. The van der Waals surface area contributed by atoms with Crippen molar-refractivity contribution in [1.29, 1.82) is 0 Å². The second-order valence-corrected chi connectivity index (χ2v) is 5.20. The van der Waals surface area contributed by atoms with Crippen LogP contribution in [0.1, 0.15) is 20.3 Å². The average Bonchev–Trinajstić information content (AvgIpc) is 2.23. The van der Waals surface area contributed by atoms with Gasteiger partial charge in [-0.05, 0) is 18.9 Å². The first kappa shape index (κ1) is 12.9. The van der Waals surface area contributed by atoms with Crippen molar-refractivity contribution < 1.29 is 15.3 Å². The van der Waals surface area contributed by atoms with Gasteiger partial charge in [0.15, 0.2) is 0 Å². The Morgan fingerprint density at radius 2 is 1.93 bits per heavy atom. The third-order valence-electron chi connectivity index (χ3n) is 3.37. The number of hydrogen-bond donors (Lipinski definition) is 3. The minimum Gasteiger partial charge on any atom is -0.396 e. The van der Waals surface area contributed by atoms with Crippen LogP contribution < -0.4 is 0 Å². The van der Waals surface area contributed by atoms with Crippen LogP contribution in [0, 0.1) is 11.3 Å². The summed E-state index contributed by atoms with van der Waals surface area (Å²) >= 11 is 0. The Kier molecular flexibility index (Phi) is 4.52. The molecule has 0 amide bonds. The summed E-state index contributed by atoms with van der Waals surface area (Å²) in [5.41, 5.74) is -0.458. The monoisotopic (exact) mass is 217 g/mol. The largest absolute Gasteiger partial charge is 0.396 e. The standard InChI is InChI=1S/C11H23NO3/c1-9-3-4-12(5-10(9)15)6-11(2,7-13)8-14/h9-10,13-15H,3-8H2,1-2H3. The molecule has 3 N–H and O–H groups in total. The van der Waals surface area contributed by atoms with Crippen molar-refractivity contribution in [3.63, 3.8) is 0 Å². The molecule has 0 aromatic rings. The summed E-state index contributed by atoms with van der Waals surface area (Å²) in [6.45, 7) is 6.10. The summed E-state index contributed by atoms with van der Waals surface area (Å²) in [7, 11) is 0. The highest BCUT2D eigenvalue weighted by molar-refractivity contribution is 4.83. The molecule has 0 spiro atoms. The lowest BCUT2D eigenvalue weighted by Crippen LogP contribution is -2.48. The number of aliphatic hydroxyl groups is 3. The molecule has 2 unspecified atom stereocenters. The SMILES string of the molecule is CC1CCN(CC(C)(CO)CO)CC1O. The van der Waals surface area contributed by atoms with Crippen LogP contribution in [0.2, 0.25) is 0 Å². The van der Waals surface area contributed by atoms with Gasteiger partial charge in [-0.3, -0.25) is 0 Å². The van der Waals surface area contributed by atoms with E-state index in [1.54, 1.807) is 0 Å². The van der Waals surface area contributed by atoms with Crippen LogP contribution in [0.4, 0.5) is 0 Å². The molecule has 90 valence electrons. The zero-order valence-corrected chi connectivity index (χ0v) is 9.69. The predicted octanol–water partition coefficient (Wildman–Crippen LogP) is -0.320. The number of nitrogens with zero attached hydrogens (tertiary/aromatic N) is 1. The Balaban J connectivity index is 2.45. The molecule has 4 heteroatoms. The Bertz CT molecular complexity index is 194. The molecule has 0 aliphatic carbocycles. The van der Waals surface area contributed by atoms with Gasteiger partial charge in [0.2, 0.25) is 0 Å². The van der Waals surface area contributed by atoms with E-state index in [0.29, 0.717) is 19.0 Å². The Labute approximate surface area is 91.5 Å². The molecule has 0 saturated carbocycles. The molecule has 15 heavy (non-hydrogen) atoms. The zero-order chi connectivity index (χ0) is 11.5. The molecule has 0 radical (unpaired) electrons. The van der Waals surface area contributed by atoms with Crippen molar-refractivity contribution in [1.82, 2.24) is 4.90 Å². The van der Waals surface area contributed by atoms with Crippen LogP contribution in [-0.4, -0.2) is 59.2 Å². The van der Waals surface area contributed by atoms with Gasteiger partial charge in [0, 0.05) is 18.5 Å². The van der Waals surface area contributed by atoms with E-state index in [2.05, 4.69) is 11.8 Å². The van der Waals surface area contributed by atoms with E-state index < -0.39 is 5.41 Å². The fraction of sp³-hybridized carbons (Fsp3) is 1.00. The van der Waals surface area contributed by atoms with Crippen LogP contribution in [0.25, 0.3) is 0 Å². The van der Waals surface area contributed by atoms with Crippen molar-refractivity contribution in [2.45, 2.75) is 26.4 Å². The Morgan fingerprint density at radius 3 is 2.40 bits per heavy atom. The summed E-state index contributed by atoms with van der Waals surface area (Å²) in [6, 6.07) is 0. The number of hydrogen-bond acceptors (Lipinski definition) is 4. The van der Waals surface area contributed by atoms with Crippen LogP contribution in [0.5, 0.6) is 0 Å². The lowest BCUT2D eigenvalue weighted by molar-refractivity contribution is -0.0148. The fourth-order valence-corrected chi connectivity index (χ4v) is 1.95. The highest BCUT2D eigenvalue weighted by Crippen LogP contribution is 2.22. The van der Waals surface area contributed by atoms with Gasteiger partial charge in [0.1, 0.15) is 0 Å². The van der Waals surface area contributed by atoms with E-state index in [0.717, 1.165) is 13.0 Å². The summed E-state index contributed by atoms with van der Waals surface area (Å²) in [6.07, 6.45) is 0.703. The van der Waals surface area contributed by atoms with E-state index in [4.69, 9.17) is 0 Å². The van der Waals surface area contributed by atoms with Crippen molar-refractivity contribution in [2.75, 3.05) is 32.8 Å². The zero-order valence-electron chi connectivity index (χ0n) is 9.69. The van der Waals surface area contributed by atoms with Gasteiger partial charge in [-0.15, -0.1) is 0 Å². The topological polar surface area (TPSA) is 63.9 Å². The predicted molar refractivity (Wildman–Crippen MR) is 58.5 cm³/mol. The highest BCUT2D eigenvalue weighted by Gasteiger charge is 2.30. The maximum atomic E-state index is 9.72. The molecule has 1 heterocycles. The Hall–Kier alpha value is -0.160. The maximum absolute atomic E-state index is 9.72. The number of β-amino-alcohol motifs (C(OH)–C–C–N with tert-alkyl or cyclic N) is 1. The number of piperidine rings is 1. The smallest absolute Gasteiger partial charge is 0.0693 e. The molecule has 1 rings (SSSR count). The van der Waals surface area contributed by atoms with Crippen LogP contribution in [-0.2, 0) is 0 Å². The molecule has 1 saturated heterocycles. The van der Waals surface area contributed by atoms with Gasteiger partial charge in [-0.25, -0.2) is 0 Å².